The third kappa shape index (κ3) is 6.60. The number of fused-ring (bicyclic) bond motifs is 1. The highest BCUT2D eigenvalue weighted by Crippen LogP contribution is 2.41. The Morgan fingerprint density at radius 1 is 1.40 bits per heavy atom. The fraction of sp³-hybridized carbons (Fsp3) is 0.240. The van der Waals surface area contributed by atoms with Gasteiger partial charge in [0.1, 0.15) is 29.4 Å². The number of hydrogen-bond donors (Lipinski definition) is 3. The molecule has 1 fully saturated rings. The second-order valence-electron chi connectivity index (χ2n) is 8.29. The lowest BCUT2D eigenvalue weighted by molar-refractivity contribution is -0.150. The van der Waals surface area contributed by atoms with Crippen LogP contribution in [0.1, 0.15) is 17.0 Å². The molecule has 3 N–H and O–H groups in total. The Hall–Kier alpha value is -3.95. The molecule has 0 bridgehead atoms. The number of carbonyl (C=O) groups excluding carboxylic acids is 3. The van der Waals surface area contributed by atoms with Crippen LogP contribution in [0.5, 0.6) is 0 Å². The molecule has 0 radical (unpaired) electrons. The molecule has 0 aliphatic carbocycles. The average Bonchev–Trinajstić information content (AvgIpc) is 3.40. The highest BCUT2D eigenvalue weighted by Gasteiger charge is 2.54. The Morgan fingerprint density at radius 2 is 2.23 bits per heavy atom. The molecule has 1 unspecified atom stereocenters. The van der Waals surface area contributed by atoms with E-state index in [-0.39, 0.29) is 28.8 Å². The third-order valence-corrected chi connectivity index (χ3v) is 8.53. The number of hydrogen-bond acceptors (Lipinski definition) is 11. The van der Waals surface area contributed by atoms with E-state index in [1.54, 1.807) is 6.20 Å². The zero-order chi connectivity index (χ0) is 28.6. The van der Waals surface area contributed by atoms with E-state index in [1.165, 1.54) is 39.9 Å². The van der Waals surface area contributed by atoms with Crippen LogP contribution in [0.2, 0.25) is 0 Å². The minimum Gasteiger partial charge on any atom is -0.477 e. The van der Waals surface area contributed by atoms with Crippen molar-refractivity contribution in [1.82, 2.24) is 20.2 Å². The Bertz CT molecular complexity index is 1400. The van der Waals surface area contributed by atoms with E-state index in [9.17, 15) is 24.3 Å². The highest BCUT2D eigenvalue weighted by atomic mass is 32.2. The van der Waals surface area contributed by atoms with Crippen LogP contribution in [0, 0.1) is 6.92 Å². The molecule has 2 atom stereocenters. The molecule has 1 saturated heterocycles. The van der Waals surface area contributed by atoms with Gasteiger partial charge in [0.2, 0.25) is 6.41 Å². The van der Waals surface area contributed by atoms with Crippen molar-refractivity contribution in [2.45, 2.75) is 18.3 Å². The zero-order valence-corrected chi connectivity index (χ0v) is 23.6. The molecule has 4 heterocycles. The summed E-state index contributed by atoms with van der Waals surface area (Å²) in [4.78, 5) is 63.7. The van der Waals surface area contributed by atoms with Crippen LogP contribution in [0.25, 0.3) is 6.08 Å². The van der Waals surface area contributed by atoms with Gasteiger partial charge in [-0.25, -0.2) is 9.78 Å². The fourth-order valence-corrected chi connectivity index (χ4v) is 6.63. The maximum Gasteiger partial charge on any atom is 0.352 e. The summed E-state index contributed by atoms with van der Waals surface area (Å²) >= 11 is 3.86. The number of amides is 3. The van der Waals surface area contributed by atoms with E-state index in [0.717, 1.165) is 22.6 Å². The Kier molecular flexibility index (Phi) is 9.74. The lowest BCUT2D eigenvalue weighted by atomic mass is 10.0. The number of nitrogens with zero attached hydrogens (tertiary/aromatic N) is 4. The number of carboxylic acids is 1. The normalized spacial score (nSPS) is 18.7. The largest absolute Gasteiger partial charge is 0.477 e. The number of anilines is 1. The number of aliphatic carboxylic acids is 1. The van der Waals surface area contributed by atoms with Crippen molar-refractivity contribution in [3.05, 3.63) is 70.0 Å². The molecule has 2 aliphatic rings. The quantitative estimate of drug-likeness (QED) is 0.0777. The van der Waals surface area contributed by atoms with E-state index in [2.05, 4.69) is 32.3 Å². The minimum atomic E-state index is -1.21. The molecule has 12 nitrogen and oxygen atoms in total. The molecule has 40 heavy (non-hydrogen) atoms. The summed E-state index contributed by atoms with van der Waals surface area (Å²) in [6.45, 7) is 5.46. The third-order valence-electron chi connectivity index (χ3n) is 5.58. The summed E-state index contributed by atoms with van der Waals surface area (Å²) in [5, 5.41) is 21.8. The minimum absolute atomic E-state index is 0.0274. The molecule has 0 aromatic carbocycles. The molecule has 15 heteroatoms. The number of carboxylic acid groups (broad SMARTS) is 1. The van der Waals surface area contributed by atoms with Crippen LogP contribution in [0.3, 0.4) is 0 Å². The topological polar surface area (TPSA) is 163 Å². The van der Waals surface area contributed by atoms with Crippen molar-refractivity contribution in [3.8, 4) is 0 Å². The number of pyridine rings is 1. The van der Waals surface area contributed by atoms with Crippen molar-refractivity contribution in [3.63, 3.8) is 0 Å². The first-order valence-electron chi connectivity index (χ1n) is 11.7. The van der Waals surface area contributed by atoms with Gasteiger partial charge in [0.15, 0.2) is 10.8 Å². The number of carbonyl (C=O) groups is 4. The first kappa shape index (κ1) is 29.0. The number of aromatic nitrogens is 2. The molecular weight excluding hydrogens is 577 g/mol. The molecule has 2 aromatic rings. The molecule has 0 spiro atoms. The molecule has 208 valence electrons. The molecule has 2 aliphatic heterocycles. The van der Waals surface area contributed by atoms with Gasteiger partial charge in [0, 0.05) is 28.8 Å². The first-order valence-corrected chi connectivity index (χ1v) is 14.7. The lowest BCUT2D eigenvalue weighted by Crippen LogP contribution is -2.71. The number of rotatable bonds is 13. The van der Waals surface area contributed by atoms with Gasteiger partial charge < -0.3 is 20.6 Å². The van der Waals surface area contributed by atoms with E-state index < -0.39 is 29.2 Å². The summed E-state index contributed by atoms with van der Waals surface area (Å²) in [6.07, 6.45) is 5.53. The predicted molar refractivity (Wildman–Crippen MR) is 155 cm³/mol. The standard InChI is InChI=1S/C25H24N6O6S3/c1-3-7-37-30-18(17-12-40-25(28-17)27-13-32)21(33)29-19-22(34)31-20(24(35)36)16(11-39-23(19)31)10-38-8-6-15-5-4-14(2)26-9-15/h3-6,8-9,12-13,19,23H,1,7,10-11H2,2H3,(H,29,33)(H,35,36)(H,27,28,32)/t19?,23-/m0/s1. The SMILES string of the molecule is C=CCON=C(C(=O)NC1C(=O)N2C(C(=O)O)=C(CSC=Cc3ccc(C)nc3)CS[C@@H]12)c1csc(NC=O)n1. The average molecular weight is 601 g/mol. The maximum atomic E-state index is 13.1. The number of nitrogens with one attached hydrogen (secondary N) is 2. The lowest BCUT2D eigenvalue weighted by Gasteiger charge is -2.49. The molecule has 0 saturated carbocycles. The smallest absolute Gasteiger partial charge is 0.352 e. The summed E-state index contributed by atoms with van der Waals surface area (Å²) in [5.41, 5.74) is 2.32. The van der Waals surface area contributed by atoms with Gasteiger partial charge >= 0.3 is 5.97 Å². The van der Waals surface area contributed by atoms with E-state index in [0.29, 0.717) is 23.5 Å². The summed E-state index contributed by atoms with van der Waals surface area (Å²) in [5.74, 6) is -1.71. The Morgan fingerprint density at radius 3 is 2.92 bits per heavy atom. The predicted octanol–water partition coefficient (Wildman–Crippen LogP) is 2.46. The van der Waals surface area contributed by atoms with Crippen LogP contribution in [-0.4, -0.2) is 79.4 Å². The van der Waals surface area contributed by atoms with E-state index in [4.69, 9.17) is 4.84 Å². The number of aryl methyl sites for hydroxylation is 1. The van der Waals surface area contributed by atoms with Gasteiger partial charge in [-0.05, 0) is 35.6 Å². The Balaban J connectivity index is 1.44. The Labute approximate surface area is 241 Å². The van der Waals surface area contributed by atoms with Crippen molar-refractivity contribution in [2.24, 2.45) is 5.16 Å². The van der Waals surface area contributed by atoms with Crippen LogP contribution < -0.4 is 10.6 Å². The van der Waals surface area contributed by atoms with Gasteiger partial charge in [-0.2, -0.15) is 0 Å². The maximum absolute atomic E-state index is 13.1. The van der Waals surface area contributed by atoms with E-state index in [1.807, 2.05) is 30.5 Å². The second kappa shape index (κ2) is 13.4. The van der Waals surface area contributed by atoms with Crippen molar-refractivity contribution >= 4 is 76.0 Å². The summed E-state index contributed by atoms with van der Waals surface area (Å²) in [7, 11) is 0. The van der Waals surface area contributed by atoms with Gasteiger partial charge in [-0.1, -0.05) is 23.9 Å². The molecule has 4 rings (SSSR count). The number of β-lactam (4-membered cyclic amide) rings is 1. The van der Waals surface area contributed by atoms with Crippen molar-refractivity contribution < 1.29 is 29.1 Å². The second-order valence-corrected chi connectivity index (χ2v) is 11.1. The monoisotopic (exact) mass is 600 g/mol. The number of thioether (sulfide) groups is 2. The highest BCUT2D eigenvalue weighted by molar-refractivity contribution is 8.02. The van der Waals surface area contributed by atoms with Gasteiger partial charge in [0.05, 0.1) is 0 Å². The summed E-state index contributed by atoms with van der Waals surface area (Å²) < 4.78 is 0. The van der Waals surface area contributed by atoms with Crippen LogP contribution in [0.15, 0.2) is 58.2 Å². The van der Waals surface area contributed by atoms with Crippen LogP contribution >= 0.6 is 34.9 Å². The van der Waals surface area contributed by atoms with Crippen LogP contribution in [0.4, 0.5) is 5.13 Å². The van der Waals surface area contributed by atoms with Crippen LogP contribution in [-0.2, 0) is 24.0 Å². The first-order chi connectivity index (χ1) is 19.3. The number of oxime groups is 1. The summed E-state index contributed by atoms with van der Waals surface area (Å²) in [6, 6.07) is 2.87. The molecule has 2 aromatic heterocycles. The van der Waals surface area contributed by atoms with Gasteiger partial charge in [-0.15, -0.1) is 34.9 Å². The van der Waals surface area contributed by atoms with E-state index >= 15 is 0 Å². The number of thiazole rings is 1. The van der Waals surface area contributed by atoms with Crippen molar-refractivity contribution in [2.75, 3.05) is 23.4 Å². The molecule has 3 amide bonds. The molecular formula is C25H24N6O6S3. The van der Waals surface area contributed by atoms with Gasteiger partial charge in [0.25, 0.3) is 11.8 Å². The fourth-order valence-electron chi connectivity index (χ4n) is 3.72. The van der Waals surface area contributed by atoms with Gasteiger partial charge in [-0.3, -0.25) is 24.3 Å². The zero-order valence-electron chi connectivity index (χ0n) is 21.1. The van der Waals surface area contributed by atoms with Crippen molar-refractivity contribution in [1.29, 1.82) is 0 Å².